The number of carbonyl (C=O) groups is 1. The molecule has 3 aliphatic heterocycles. The van der Waals surface area contributed by atoms with E-state index in [-0.39, 0.29) is 17.7 Å². The number of rotatable bonds is 6. The Morgan fingerprint density at radius 3 is 2.76 bits per heavy atom. The topological polar surface area (TPSA) is 91.3 Å². The third kappa shape index (κ3) is 4.47. The lowest BCUT2D eigenvalue weighted by atomic mass is 10.0. The second-order valence-electron chi connectivity index (χ2n) is 8.31. The predicted molar refractivity (Wildman–Crippen MR) is 130 cm³/mol. The van der Waals surface area contributed by atoms with Crippen molar-refractivity contribution >= 4 is 38.5 Å². The second-order valence-corrected chi connectivity index (χ2v) is 11.1. The molecule has 0 saturated carbocycles. The number of nitrogens with one attached hydrogen (secondary N) is 1. The number of amides is 1. The van der Waals surface area contributed by atoms with Gasteiger partial charge in [0.05, 0.1) is 24.6 Å². The van der Waals surface area contributed by atoms with Crippen molar-refractivity contribution in [3.63, 3.8) is 0 Å². The zero-order chi connectivity index (χ0) is 23.0. The van der Waals surface area contributed by atoms with E-state index in [1.54, 1.807) is 13.2 Å². The molecule has 5 rings (SSSR count). The van der Waals surface area contributed by atoms with Crippen LogP contribution in [0.15, 0.2) is 51.8 Å². The third-order valence-electron chi connectivity index (χ3n) is 6.27. The summed E-state index contributed by atoms with van der Waals surface area (Å²) in [6, 6.07) is 13.5. The number of hydrogen-bond donors (Lipinski definition) is 1. The van der Waals surface area contributed by atoms with E-state index in [1.807, 2.05) is 35.2 Å². The molecule has 174 valence electrons. The van der Waals surface area contributed by atoms with Gasteiger partial charge in [0.1, 0.15) is 5.75 Å². The molecule has 0 aliphatic carbocycles. The number of nitrogens with zero attached hydrogens (tertiary/aromatic N) is 3. The number of methoxy groups -OCH3 is 1. The van der Waals surface area contributed by atoms with Gasteiger partial charge in [0.2, 0.25) is 0 Å². The summed E-state index contributed by atoms with van der Waals surface area (Å²) >= 11 is 1.29. The van der Waals surface area contributed by atoms with Crippen LogP contribution in [-0.4, -0.2) is 63.4 Å². The first-order chi connectivity index (χ1) is 15.9. The summed E-state index contributed by atoms with van der Waals surface area (Å²) in [6.07, 6.45) is 2.30. The van der Waals surface area contributed by atoms with Gasteiger partial charge < -0.3 is 15.0 Å². The number of benzene rings is 2. The van der Waals surface area contributed by atoms with Gasteiger partial charge in [0, 0.05) is 29.1 Å². The van der Waals surface area contributed by atoms with Gasteiger partial charge in [-0.2, -0.15) is 0 Å². The Morgan fingerprint density at radius 1 is 1.18 bits per heavy atom. The van der Waals surface area contributed by atoms with Crippen LogP contribution >= 0.6 is 11.8 Å². The fraction of sp³-hybridized carbons (Fsp3) is 0.391. The quantitative estimate of drug-likeness (QED) is 0.671. The van der Waals surface area contributed by atoms with Crippen LogP contribution in [0, 0.1) is 0 Å². The number of anilines is 1. The second kappa shape index (κ2) is 9.00. The number of amidine groups is 1. The fourth-order valence-corrected chi connectivity index (χ4v) is 6.89. The van der Waals surface area contributed by atoms with E-state index in [1.165, 1.54) is 11.8 Å². The average Bonchev–Trinajstić information content (AvgIpc) is 3.45. The highest BCUT2D eigenvalue weighted by atomic mass is 32.2. The first-order valence-electron chi connectivity index (χ1n) is 11.0. The zero-order valence-corrected chi connectivity index (χ0v) is 20.0. The highest BCUT2D eigenvalue weighted by Gasteiger charge is 2.33. The Balaban J connectivity index is 1.33. The molecule has 1 atom stereocenters. The number of carbonyl (C=O) groups excluding carboxylic acids is 1. The van der Waals surface area contributed by atoms with Gasteiger partial charge in [-0.3, -0.25) is 9.69 Å². The van der Waals surface area contributed by atoms with E-state index in [0.717, 1.165) is 47.8 Å². The smallest absolute Gasteiger partial charge is 0.257 e. The Labute approximate surface area is 198 Å². The summed E-state index contributed by atoms with van der Waals surface area (Å²) in [5.74, 6) is 0.668. The number of fused-ring (bicyclic) bond motifs is 3. The van der Waals surface area contributed by atoms with Crippen LogP contribution in [0.1, 0.15) is 34.8 Å². The van der Waals surface area contributed by atoms with E-state index in [4.69, 9.17) is 4.74 Å². The molecule has 0 aromatic heterocycles. The normalized spacial score (nSPS) is 20.0. The molecule has 3 heterocycles. The minimum atomic E-state index is -3.41. The van der Waals surface area contributed by atoms with Crippen LogP contribution in [0.3, 0.4) is 0 Å². The van der Waals surface area contributed by atoms with E-state index in [9.17, 15) is 13.2 Å². The van der Waals surface area contributed by atoms with Crippen LogP contribution in [0.5, 0.6) is 5.75 Å². The molecule has 0 bridgehead atoms. The summed E-state index contributed by atoms with van der Waals surface area (Å²) < 4.78 is 33.1. The molecule has 0 spiro atoms. The minimum Gasteiger partial charge on any atom is -0.496 e. The molecular formula is C23H26N4O4S2. The minimum absolute atomic E-state index is 0.000422. The van der Waals surface area contributed by atoms with Crippen LogP contribution in [0.4, 0.5) is 5.69 Å². The van der Waals surface area contributed by atoms with Crippen molar-refractivity contribution in [2.24, 2.45) is 4.40 Å². The van der Waals surface area contributed by atoms with Crippen molar-refractivity contribution < 1.29 is 17.9 Å². The average molecular weight is 487 g/mol. The summed E-state index contributed by atoms with van der Waals surface area (Å²) in [5, 5.41) is 3.57. The van der Waals surface area contributed by atoms with Crippen LogP contribution in [0.2, 0.25) is 0 Å². The first kappa shape index (κ1) is 22.2. The van der Waals surface area contributed by atoms with Crippen molar-refractivity contribution in [3.8, 4) is 5.75 Å². The molecule has 2 aromatic carbocycles. The van der Waals surface area contributed by atoms with E-state index in [0.29, 0.717) is 23.8 Å². The van der Waals surface area contributed by atoms with Gasteiger partial charge >= 0.3 is 0 Å². The molecule has 1 amide bonds. The molecule has 2 aromatic rings. The van der Waals surface area contributed by atoms with Crippen molar-refractivity contribution in [1.82, 2.24) is 10.2 Å². The lowest BCUT2D eigenvalue weighted by Gasteiger charge is -2.29. The Morgan fingerprint density at radius 2 is 1.97 bits per heavy atom. The highest BCUT2D eigenvalue weighted by molar-refractivity contribution is 8.15. The van der Waals surface area contributed by atoms with Gasteiger partial charge in [-0.25, -0.2) is 8.42 Å². The maximum absolute atomic E-state index is 13.1. The highest BCUT2D eigenvalue weighted by Crippen LogP contribution is 2.42. The number of sulfonamides is 1. The SMILES string of the molecule is COc1ccccc1C(CNC(=O)c1ccc2c(c1)SC1=NS(=O)(=O)CCN12)N1CCCC1. The monoisotopic (exact) mass is 486 g/mol. The van der Waals surface area contributed by atoms with Crippen LogP contribution < -0.4 is 15.0 Å². The molecule has 8 nitrogen and oxygen atoms in total. The van der Waals surface area contributed by atoms with Gasteiger partial charge in [-0.05, 0) is 62.0 Å². The molecule has 1 unspecified atom stereocenters. The summed E-state index contributed by atoms with van der Waals surface area (Å²) in [7, 11) is -1.74. The van der Waals surface area contributed by atoms with Gasteiger partial charge in [-0.1, -0.05) is 18.2 Å². The van der Waals surface area contributed by atoms with Crippen molar-refractivity contribution in [2.45, 2.75) is 23.8 Å². The lowest BCUT2D eigenvalue weighted by molar-refractivity contribution is 0.0937. The van der Waals surface area contributed by atoms with Crippen molar-refractivity contribution in [3.05, 3.63) is 53.6 Å². The molecule has 1 fully saturated rings. The number of hydrogen-bond acceptors (Lipinski definition) is 7. The van der Waals surface area contributed by atoms with Gasteiger partial charge in [0.15, 0.2) is 5.17 Å². The lowest BCUT2D eigenvalue weighted by Crippen LogP contribution is -2.37. The van der Waals surface area contributed by atoms with Gasteiger partial charge in [-0.15, -0.1) is 4.40 Å². The number of ether oxygens (including phenoxy) is 1. The van der Waals surface area contributed by atoms with E-state index >= 15 is 0 Å². The van der Waals surface area contributed by atoms with Crippen LogP contribution in [0.25, 0.3) is 0 Å². The third-order valence-corrected chi connectivity index (χ3v) is 8.58. The molecule has 33 heavy (non-hydrogen) atoms. The Kier molecular flexibility index (Phi) is 6.07. The molecule has 10 heteroatoms. The standard InChI is InChI=1S/C23H26N4O4S2/c1-31-20-7-3-2-6-17(20)19(26-10-4-5-11-26)15-24-22(28)16-8-9-18-21(14-16)32-23-25-33(29,30)13-12-27(18)23/h2-3,6-9,14,19H,4-5,10-13,15H2,1H3,(H,24,28). The first-order valence-corrected chi connectivity index (χ1v) is 13.4. The maximum Gasteiger partial charge on any atom is 0.257 e. The predicted octanol–water partition coefficient (Wildman–Crippen LogP) is 2.87. The largest absolute Gasteiger partial charge is 0.496 e. The fourth-order valence-electron chi connectivity index (χ4n) is 4.59. The molecule has 3 aliphatic rings. The van der Waals surface area contributed by atoms with Crippen molar-refractivity contribution in [1.29, 1.82) is 0 Å². The number of likely N-dealkylation sites (tertiary alicyclic amines) is 1. The summed E-state index contributed by atoms with van der Waals surface area (Å²) in [6.45, 7) is 2.84. The summed E-state index contributed by atoms with van der Waals surface area (Å²) in [4.78, 5) is 18.2. The molecular weight excluding hydrogens is 460 g/mol. The molecule has 1 N–H and O–H groups in total. The van der Waals surface area contributed by atoms with Crippen molar-refractivity contribution in [2.75, 3.05) is 43.9 Å². The summed E-state index contributed by atoms with van der Waals surface area (Å²) in [5.41, 5.74) is 2.52. The molecule has 0 radical (unpaired) electrons. The number of thioether (sulfide) groups is 1. The molecule has 1 saturated heterocycles. The van der Waals surface area contributed by atoms with Gasteiger partial charge in [0.25, 0.3) is 15.9 Å². The Bertz CT molecular complexity index is 1210. The van der Waals surface area contributed by atoms with E-state index < -0.39 is 10.0 Å². The maximum atomic E-state index is 13.1. The van der Waals surface area contributed by atoms with E-state index in [2.05, 4.69) is 20.7 Å². The van der Waals surface area contributed by atoms with Crippen LogP contribution in [-0.2, 0) is 10.0 Å². The zero-order valence-electron chi connectivity index (χ0n) is 18.4. The Hall–Kier alpha value is -2.56. The number of para-hydroxylation sites is 1.